The number of carbonyl (C=O) groups is 1. The van der Waals surface area contributed by atoms with E-state index in [0.29, 0.717) is 18.5 Å². The minimum Gasteiger partial charge on any atom is -0.479 e. The molecular weight excluding hydrogens is 272 g/mol. The second-order valence-corrected chi connectivity index (χ2v) is 4.49. The number of rotatable bonds is 3. The Morgan fingerprint density at radius 3 is 2.76 bits per heavy atom. The van der Waals surface area contributed by atoms with Crippen LogP contribution in [0, 0.1) is 0 Å². The highest BCUT2D eigenvalue weighted by Crippen LogP contribution is 2.30. The van der Waals surface area contributed by atoms with E-state index in [0.717, 1.165) is 17.6 Å². The summed E-state index contributed by atoms with van der Waals surface area (Å²) in [5.41, 5.74) is 2.34. The molecule has 2 atom stereocenters. The Kier molecular flexibility index (Phi) is 4.85. The molecule has 1 aliphatic heterocycles. The van der Waals surface area contributed by atoms with Crippen molar-refractivity contribution in [1.82, 2.24) is 19.5 Å². The van der Waals surface area contributed by atoms with Crippen LogP contribution in [-0.4, -0.2) is 36.7 Å². The SMILES string of the molecule is CC.CCc1ncnc2c1ncn2C1CCC(C(=O)O)O1. The third-order valence-electron chi connectivity index (χ3n) is 3.35. The number of aryl methyl sites for hydroxylation is 1. The molecule has 0 aromatic carbocycles. The van der Waals surface area contributed by atoms with Gasteiger partial charge in [-0.3, -0.25) is 4.57 Å². The van der Waals surface area contributed by atoms with E-state index in [1.165, 1.54) is 6.33 Å². The lowest BCUT2D eigenvalue weighted by Gasteiger charge is -2.13. The van der Waals surface area contributed by atoms with Gasteiger partial charge in [0, 0.05) is 0 Å². The third kappa shape index (κ3) is 2.87. The number of aromatic nitrogens is 4. The molecule has 1 aliphatic rings. The van der Waals surface area contributed by atoms with E-state index in [4.69, 9.17) is 9.84 Å². The normalized spacial score (nSPS) is 21.1. The topological polar surface area (TPSA) is 90.1 Å². The fourth-order valence-electron chi connectivity index (χ4n) is 2.38. The van der Waals surface area contributed by atoms with Crippen molar-refractivity contribution in [3.8, 4) is 0 Å². The van der Waals surface area contributed by atoms with Crippen LogP contribution in [0.5, 0.6) is 0 Å². The van der Waals surface area contributed by atoms with E-state index in [2.05, 4.69) is 15.0 Å². The molecule has 0 spiro atoms. The molecule has 2 unspecified atom stereocenters. The first kappa shape index (κ1) is 15.4. The van der Waals surface area contributed by atoms with Crippen molar-refractivity contribution in [2.75, 3.05) is 0 Å². The molecule has 0 saturated carbocycles. The van der Waals surface area contributed by atoms with Gasteiger partial charge in [0.1, 0.15) is 18.1 Å². The smallest absolute Gasteiger partial charge is 0.332 e. The fourth-order valence-corrected chi connectivity index (χ4v) is 2.38. The Morgan fingerprint density at radius 2 is 2.14 bits per heavy atom. The average Bonchev–Trinajstić information content (AvgIpc) is 3.15. The molecule has 1 fully saturated rings. The fraction of sp³-hybridized carbons (Fsp3) is 0.571. The van der Waals surface area contributed by atoms with E-state index in [-0.39, 0.29) is 6.23 Å². The molecule has 3 heterocycles. The minimum absolute atomic E-state index is 0.314. The number of ether oxygens (including phenoxy) is 1. The highest BCUT2D eigenvalue weighted by Gasteiger charge is 2.32. The molecule has 7 nitrogen and oxygen atoms in total. The maximum atomic E-state index is 10.9. The second kappa shape index (κ2) is 6.62. The summed E-state index contributed by atoms with van der Waals surface area (Å²) < 4.78 is 7.30. The number of nitrogens with zero attached hydrogens (tertiary/aromatic N) is 4. The van der Waals surface area contributed by atoms with Gasteiger partial charge < -0.3 is 9.84 Å². The lowest BCUT2D eigenvalue weighted by molar-refractivity contribution is -0.151. The van der Waals surface area contributed by atoms with E-state index in [1.807, 2.05) is 20.8 Å². The summed E-state index contributed by atoms with van der Waals surface area (Å²) >= 11 is 0. The van der Waals surface area contributed by atoms with Crippen molar-refractivity contribution in [2.24, 2.45) is 0 Å². The molecule has 0 radical (unpaired) electrons. The highest BCUT2D eigenvalue weighted by molar-refractivity contribution is 5.74. The lowest BCUT2D eigenvalue weighted by atomic mass is 10.2. The quantitative estimate of drug-likeness (QED) is 0.932. The van der Waals surface area contributed by atoms with Gasteiger partial charge in [0.25, 0.3) is 0 Å². The van der Waals surface area contributed by atoms with Crippen LogP contribution in [0.2, 0.25) is 0 Å². The Balaban J connectivity index is 0.000000774. The molecule has 0 bridgehead atoms. The van der Waals surface area contributed by atoms with Gasteiger partial charge in [-0.25, -0.2) is 19.7 Å². The zero-order valence-corrected chi connectivity index (χ0v) is 12.5. The number of hydrogen-bond donors (Lipinski definition) is 1. The maximum Gasteiger partial charge on any atom is 0.332 e. The van der Waals surface area contributed by atoms with Crippen molar-refractivity contribution < 1.29 is 14.6 Å². The van der Waals surface area contributed by atoms with Crippen molar-refractivity contribution in [3.63, 3.8) is 0 Å². The zero-order valence-electron chi connectivity index (χ0n) is 12.5. The van der Waals surface area contributed by atoms with Crippen LogP contribution in [0.15, 0.2) is 12.7 Å². The first-order valence-corrected chi connectivity index (χ1v) is 7.25. The van der Waals surface area contributed by atoms with Crippen LogP contribution in [0.25, 0.3) is 11.2 Å². The molecule has 0 amide bonds. The van der Waals surface area contributed by atoms with Crippen LogP contribution in [0.3, 0.4) is 0 Å². The largest absolute Gasteiger partial charge is 0.479 e. The van der Waals surface area contributed by atoms with Gasteiger partial charge >= 0.3 is 5.97 Å². The number of fused-ring (bicyclic) bond motifs is 1. The molecule has 7 heteroatoms. The summed E-state index contributed by atoms with van der Waals surface area (Å²) in [6.45, 7) is 6.01. The van der Waals surface area contributed by atoms with Gasteiger partial charge in [-0.15, -0.1) is 0 Å². The molecule has 3 rings (SSSR count). The predicted octanol–water partition coefficient (Wildman–Crippen LogP) is 2.18. The van der Waals surface area contributed by atoms with Crippen LogP contribution >= 0.6 is 0 Å². The Hall–Kier alpha value is -2.02. The van der Waals surface area contributed by atoms with Gasteiger partial charge in [-0.1, -0.05) is 20.8 Å². The summed E-state index contributed by atoms with van der Waals surface area (Å²) in [6.07, 6.45) is 4.02. The molecule has 114 valence electrons. The van der Waals surface area contributed by atoms with Gasteiger partial charge in [-0.05, 0) is 19.3 Å². The van der Waals surface area contributed by atoms with E-state index < -0.39 is 12.1 Å². The van der Waals surface area contributed by atoms with E-state index in [1.54, 1.807) is 10.9 Å². The zero-order chi connectivity index (χ0) is 15.4. The summed E-state index contributed by atoms with van der Waals surface area (Å²) in [5.74, 6) is -0.921. The van der Waals surface area contributed by atoms with Crippen molar-refractivity contribution in [3.05, 3.63) is 18.3 Å². The lowest BCUT2D eigenvalue weighted by Crippen LogP contribution is -2.20. The first-order chi connectivity index (χ1) is 10.2. The minimum atomic E-state index is -0.921. The number of carboxylic acid groups (broad SMARTS) is 1. The maximum absolute atomic E-state index is 10.9. The van der Waals surface area contributed by atoms with Crippen molar-refractivity contribution in [2.45, 2.75) is 52.4 Å². The van der Waals surface area contributed by atoms with Gasteiger partial charge in [0.05, 0.1) is 12.0 Å². The average molecular weight is 292 g/mol. The van der Waals surface area contributed by atoms with Crippen LogP contribution in [0.4, 0.5) is 0 Å². The second-order valence-electron chi connectivity index (χ2n) is 4.49. The Morgan fingerprint density at radius 1 is 1.38 bits per heavy atom. The molecule has 21 heavy (non-hydrogen) atoms. The molecule has 2 aromatic rings. The number of hydrogen-bond acceptors (Lipinski definition) is 5. The first-order valence-electron chi connectivity index (χ1n) is 7.25. The number of imidazole rings is 1. The summed E-state index contributed by atoms with van der Waals surface area (Å²) in [6, 6.07) is 0. The van der Waals surface area contributed by atoms with Crippen molar-refractivity contribution >= 4 is 17.1 Å². The van der Waals surface area contributed by atoms with Crippen LogP contribution < -0.4 is 0 Å². The van der Waals surface area contributed by atoms with Gasteiger partial charge in [-0.2, -0.15) is 0 Å². The third-order valence-corrected chi connectivity index (χ3v) is 3.35. The monoisotopic (exact) mass is 292 g/mol. The van der Waals surface area contributed by atoms with Crippen LogP contribution in [0.1, 0.15) is 45.5 Å². The summed E-state index contributed by atoms with van der Waals surface area (Å²) in [4.78, 5) is 23.6. The van der Waals surface area contributed by atoms with Gasteiger partial charge in [0.2, 0.25) is 0 Å². The van der Waals surface area contributed by atoms with Crippen molar-refractivity contribution in [1.29, 1.82) is 0 Å². The molecular formula is C14H20N4O3. The predicted molar refractivity (Wildman–Crippen MR) is 76.8 cm³/mol. The summed E-state index contributed by atoms with van der Waals surface area (Å²) in [7, 11) is 0. The number of aliphatic carboxylic acids is 1. The Labute approximate surface area is 123 Å². The van der Waals surface area contributed by atoms with Gasteiger partial charge in [0.15, 0.2) is 11.8 Å². The Bertz CT molecular complexity index is 626. The molecule has 1 saturated heterocycles. The molecule has 1 N–H and O–H groups in total. The standard InChI is InChI=1S/C12H14N4O3.C2H6/c1-2-7-10-11(14-5-13-7)16(6-15-10)9-4-3-8(19-9)12(17)18;1-2/h5-6,8-9H,2-4H2,1H3,(H,17,18);1-2H3. The summed E-state index contributed by atoms with van der Waals surface area (Å²) in [5, 5.41) is 8.95. The number of carboxylic acids is 1. The van der Waals surface area contributed by atoms with E-state index >= 15 is 0 Å². The van der Waals surface area contributed by atoms with Crippen LogP contribution in [-0.2, 0) is 16.0 Å². The highest BCUT2D eigenvalue weighted by atomic mass is 16.5. The molecule has 0 aliphatic carbocycles. The molecule has 2 aromatic heterocycles. The van der Waals surface area contributed by atoms with E-state index in [9.17, 15) is 4.79 Å².